The molecule has 0 aliphatic rings. The molecular weight excluding hydrogens is 957 g/mol. The van der Waals surface area contributed by atoms with Crippen LogP contribution in [0.4, 0.5) is 11.4 Å². The first kappa shape index (κ1) is 55.5. The lowest BCUT2D eigenvalue weighted by molar-refractivity contribution is -0.440. The Morgan fingerprint density at radius 3 is 1.59 bits per heavy atom. The Bertz CT molecular complexity index is 2760. The van der Waals surface area contributed by atoms with E-state index in [2.05, 4.69) is 0 Å². The van der Waals surface area contributed by atoms with Crippen molar-refractivity contribution in [2.75, 3.05) is 54.2 Å². The number of hydrogen-bond acceptors (Lipinski definition) is 16. The zero-order valence-electron chi connectivity index (χ0n) is 34.8. The van der Waals surface area contributed by atoms with Crippen LogP contribution in [-0.4, -0.2) is 147 Å². The average molecular weight is 1010 g/mol. The molecule has 28 heteroatoms. The van der Waals surface area contributed by atoms with Gasteiger partial charge in [0.25, 0.3) is 50.6 Å². The minimum absolute atomic E-state index is 0.0325. The summed E-state index contributed by atoms with van der Waals surface area (Å²) in [5, 5.41) is 9.91. The highest BCUT2D eigenvalue weighted by Crippen LogP contribution is 2.31. The van der Waals surface area contributed by atoms with Crippen LogP contribution in [0.15, 0.2) is 53.1 Å². The second kappa shape index (κ2) is 23.0. The van der Waals surface area contributed by atoms with Gasteiger partial charge in [0.1, 0.15) is 11.4 Å². The van der Waals surface area contributed by atoms with Gasteiger partial charge in [-0.25, -0.2) is 14.4 Å². The van der Waals surface area contributed by atoms with Gasteiger partial charge >= 0.3 is 17.9 Å². The van der Waals surface area contributed by atoms with Crippen LogP contribution >= 0.6 is 0 Å². The van der Waals surface area contributed by atoms with Gasteiger partial charge in [0, 0.05) is 49.0 Å². The van der Waals surface area contributed by atoms with Gasteiger partial charge in [0.05, 0.1) is 52.9 Å². The van der Waals surface area contributed by atoms with Crippen LogP contribution in [0.25, 0.3) is 0 Å². The molecule has 0 radical (unpaired) electrons. The molecular formula is C36H49N2O21S5+. The number of aromatic carboxylic acids is 1. The monoisotopic (exact) mass is 1010 g/mol. The van der Waals surface area contributed by atoms with Crippen LogP contribution in [-0.2, 0) is 60.1 Å². The lowest BCUT2D eigenvalue weighted by Gasteiger charge is -2.28. The number of nitrogens with zero attached hydrogens (tertiary/aromatic N) is 2. The number of esters is 2. The summed E-state index contributed by atoms with van der Waals surface area (Å²) in [5.41, 5.74) is -0.477. The van der Waals surface area contributed by atoms with E-state index in [0.717, 1.165) is 18.2 Å². The van der Waals surface area contributed by atoms with E-state index in [1.807, 2.05) is 0 Å². The van der Waals surface area contributed by atoms with Crippen molar-refractivity contribution in [3.05, 3.63) is 76.0 Å². The molecule has 0 fully saturated rings. The maximum Gasteiger partial charge on any atom is 0.338 e. The molecule has 0 aromatic heterocycles. The molecule has 0 unspecified atom stereocenters. The van der Waals surface area contributed by atoms with E-state index in [4.69, 9.17) is 18.6 Å². The fourth-order valence-electron chi connectivity index (χ4n) is 5.89. The van der Waals surface area contributed by atoms with Crippen molar-refractivity contribution in [1.29, 1.82) is 0 Å². The van der Waals surface area contributed by atoms with E-state index in [0.29, 0.717) is 0 Å². The van der Waals surface area contributed by atoms with Crippen LogP contribution in [0.5, 0.6) is 0 Å². The SMILES string of the molecule is C\C(=C/C=C/C(C)=[N+](\CCCS(=O)(=O)O)c1cc(S(=O)(=O)O)cc(C(=O)OCCCS(=O)(=O)O)c1C)N(CCCS(=O)(=O)O)c1cc(C(=O)O)cc(C(=O)OCCCS(=O)(=O)O)c1C. The number of hydrogen-bond donors (Lipinski definition) is 6. The van der Waals surface area contributed by atoms with E-state index in [1.165, 1.54) is 61.5 Å². The summed E-state index contributed by atoms with van der Waals surface area (Å²) in [6, 6.07) is 3.94. The van der Waals surface area contributed by atoms with Crippen molar-refractivity contribution in [2.24, 2.45) is 0 Å². The number of carbonyl (C=O) groups is 3. The molecule has 2 aromatic rings. The zero-order chi connectivity index (χ0) is 49.0. The van der Waals surface area contributed by atoms with Crippen molar-refractivity contribution in [2.45, 2.75) is 58.3 Å². The van der Waals surface area contributed by atoms with E-state index < -0.39 is 121 Å². The smallest absolute Gasteiger partial charge is 0.338 e. The molecule has 0 heterocycles. The Balaban J connectivity index is 2.81. The van der Waals surface area contributed by atoms with Crippen molar-refractivity contribution in [3.63, 3.8) is 0 Å². The van der Waals surface area contributed by atoms with Gasteiger partial charge in [-0.05, 0) is 69.9 Å². The van der Waals surface area contributed by atoms with Gasteiger partial charge < -0.3 is 19.5 Å². The summed E-state index contributed by atoms with van der Waals surface area (Å²) in [7, 11) is -22.8. The Morgan fingerprint density at radius 1 is 0.656 bits per heavy atom. The predicted octanol–water partition coefficient (Wildman–Crippen LogP) is 2.75. The third-order valence-corrected chi connectivity index (χ3v) is 13.0. The molecule has 0 bridgehead atoms. The number of carboxylic acids is 1. The topological polar surface area (TPSA) is 368 Å². The third-order valence-electron chi connectivity index (χ3n) is 8.95. The largest absolute Gasteiger partial charge is 0.478 e. The maximum atomic E-state index is 13.1. The molecule has 0 aliphatic heterocycles. The highest BCUT2D eigenvalue weighted by Gasteiger charge is 2.28. The van der Waals surface area contributed by atoms with Crippen LogP contribution in [0.2, 0.25) is 0 Å². The predicted molar refractivity (Wildman–Crippen MR) is 230 cm³/mol. The molecule has 0 saturated heterocycles. The average Bonchev–Trinajstić information content (AvgIpc) is 3.13. The van der Waals surface area contributed by atoms with Gasteiger partial charge in [-0.1, -0.05) is 6.08 Å². The molecule has 0 atom stereocenters. The molecule has 0 saturated carbocycles. The maximum absolute atomic E-state index is 13.1. The van der Waals surface area contributed by atoms with Crippen molar-refractivity contribution < 1.29 is 98.4 Å². The zero-order valence-corrected chi connectivity index (χ0v) is 38.9. The van der Waals surface area contributed by atoms with Gasteiger partial charge in [-0.3, -0.25) is 22.8 Å². The minimum atomic E-state index is -5.03. The molecule has 2 aromatic carbocycles. The Kier molecular flexibility index (Phi) is 19.9. The van der Waals surface area contributed by atoms with Crippen LogP contribution in [0, 0.1) is 13.8 Å². The minimum Gasteiger partial charge on any atom is -0.478 e. The number of anilines is 1. The van der Waals surface area contributed by atoms with E-state index in [9.17, 15) is 75.2 Å². The second-order valence-corrected chi connectivity index (χ2v) is 21.7. The van der Waals surface area contributed by atoms with Crippen LogP contribution < -0.4 is 4.90 Å². The molecule has 2 rings (SSSR count). The van der Waals surface area contributed by atoms with Crippen LogP contribution in [0.1, 0.15) is 81.7 Å². The van der Waals surface area contributed by atoms with E-state index in [1.54, 1.807) is 0 Å². The summed E-state index contributed by atoms with van der Waals surface area (Å²) in [4.78, 5) is 39.1. The van der Waals surface area contributed by atoms with Crippen LogP contribution in [0.3, 0.4) is 0 Å². The Labute approximate surface area is 370 Å². The highest BCUT2D eigenvalue weighted by atomic mass is 32.2. The first-order chi connectivity index (χ1) is 29.2. The summed E-state index contributed by atoms with van der Waals surface area (Å²) in [6.45, 7) is 4.28. The van der Waals surface area contributed by atoms with Gasteiger partial charge in [0.15, 0.2) is 5.71 Å². The molecule has 0 aliphatic carbocycles. The number of carboxylic acid groups (broad SMARTS) is 1. The number of rotatable bonds is 25. The fraction of sp³-hybridized carbons (Fsp3) is 0.444. The van der Waals surface area contributed by atoms with E-state index >= 15 is 0 Å². The summed E-state index contributed by atoms with van der Waals surface area (Å²) >= 11 is 0. The normalized spacial score (nSPS) is 13.4. The molecule has 23 nitrogen and oxygen atoms in total. The molecule has 64 heavy (non-hydrogen) atoms. The lowest BCUT2D eigenvalue weighted by atomic mass is 10.0. The fourth-order valence-corrected chi connectivity index (χ4v) is 8.37. The summed E-state index contributed by atoms with van der Waals surface area (Å²) in [6.07, 6.45) is 3.11. The number of benzene rings is 2. The molecule has 358 valence electrons. The number of carbonyl (C=O) groups excluding carboxylic acids is 2. The Hall–Kier alpha value is -4.65. The first-order valence-electron chi connectivity index (χ1n) is 18.6. The van der Waals surface area contributed by atoms with Gasteiger partial charge in [-0.2, -0.15) is 46.7 Å². The lowest BCUT2D eigenvalue weighted by Crippen LogP contribution is -2.26. The molecule has 6 N–H and O–H groups in total. The summed E-state index contributed by atoms with van der Waals surface area (Å²) in [5.74, 6) is -6.70. The Morgan fingerprint density at radius 2 is 1.12 bits per heavy atom. The highest BCUT2D eigenvalue weighted by molar-refractivity contribution is 7.86. The van der Waals surface area contributed by atoms with Crippen molar-refractivity contribution >= 4 is 85.6 Å². The van der Waals surface area contributed by atoms with Crippen molar-refractivity contribution in [3.8, 4) is 0 Å². The van der Waals surface area contributed by atoms with Gasteiger partial charge in [-0.15, -0.1) is 0 Å². The summed E-state index contributed by atoms with van der Waals surface area (Å²) < 4.78 is 174. The number of allylic oxidation sites excluding steroid dienone is 4. The standard InChI is InChI=1S/C36H48N2O21S5/c1-24(37(12-6-16-60(43,44)45)32-21-28(34(39)40)20-30(26(32)3)35(41)58-14-8-18-62(49,50)51)10-5-11-25(2)38(13-7-17-61(46,47)48)33-23-29(64(55,56)57)22-31(27(33)4)36(42)59-15-9-19-63(52,53)54/h5,10-11,20-23H,6-9,12-19H2,1-4H3,(H5-,39,40,43,44,45,46,47,48,49,50,51,52,53,54,55,56,57)/p+1. The van der Waals surface area contributed by atoms with E-state index in [-0.39, 0.29) is 78.2 Å². The third kappa shape index (κ3) is 19.2. The number of ether oxygens (including phenoxy) is 2. The first-order valence-corrected chi connectivity index (χ1v) is 26.5. The molecule has 0 amide bonds. The van der Waals surface area contributed by atoms with Crippen molar-refractivity contribution in [1.82, 2.24) is 0 Å². The quantitative estimate of drug-likeness (QED) is 0.0208. The second-order valence-electron chi connectivity index (χ2n) is 14.0. The van der Waals surface area contributed by atoms with Gasteiger partial charge in [0.2, 0.25) is 5.69 Å². The molecule has 0 spiro atoms.